The third-order valence-corrected chi connectivity index (χ3v) is 6.28. The van der Waals surface area contributed by atoms with Crippen LogP contribution < -0.4 is 4.90 Å². The van der Waals surface area contributed by atoms with Crippen LogP contribution in [0.15, 0.2) is 30.3 Å². The molecule has 3 nitrogen and oxygen atoms in total. The van der Waals surface area contributed by atoms with Crippen molar-refractivity contribution in [3.05, 3.63) is 35.2 Å². The Morgan fingerprint density at radius 1 is 1.29 bits per heavy atom. The lowest BCUT2D eigenvalue weighted by molar-refractivity contribution is 0.112. The van der Waals surface area contributed by atoms with E-state index in [0.717, 1.165) is 35.0 Å². The maximum Gasteiger partial charge on any atom is 0.186 e. The highest BCUT2D eigenvalue weighted by Crippen LogP contribution is 2.36. The minimum absolute atomic E-state index is 0.443. The van der Waals surface area contributed by atoms with Crippen LogP contribution in [0.25, 0.3) is 11.3 Å². The van der Waals surface area contributed by atoms with Crippen molar-refractivity contribution < 1.29 is 4.79 Å². The fourth-order valence-corrected chi connectivity index (χ4v) is 4.64. The van der Waals surface area contributed by atoms with E-state index < -0.39 is 0 Å². The molecule has 0 aliphatic carbocycles. The number of thioether (sulfide) groups is 1. The summed E-state index contributed by atoms with van der Waals surface area (Å²) >= 11 is 3.51. The van der Waals surface area contributed by atoms with Crippen molar-refractivity contribution in [2.45, 2.75) is 25.1 Å². The SMILES string of the molecule is CC1SCCN(c2nc(-c3ccccc3)c(C=O)s2)C1C. The number of carbonyl (C=O) groups is 1. The average Bonchev–Trinajstić information content (AvgIpc) is 2.95. The Morgan fingerprint density at radius 2 is 2.05 bits per heavy atom. The maximum atomic E-state index is 11.4. The summed E-state index contributed by atoms with van der Waals surface area (Å²) in [4.78, 5) is 19.2. The molecule has 0 saturated carbocycles. The highest BCUT2D eigenvalue weighted by molar-refractivity contribution is 8.00. The Bertz CT molecular complexity index is 626. The van der Waals surface area contributed by atoms with Crippen LogP contribution in [0.5, 0.6) is 0 Å². The summed E-state index contributed by atoms with van der Waals surface area (Å²) in [7, 11) is 0. The monoisotopic (exact) mass is 318 g/mol. The number of hydrogen-bond acceptors (Lipinski definition) is 5. The van der Waals surface area contributed by atoms with E-state index in [1.807, 2.05) is 42.1 Å². The highest BCUT2D eigenvalue weighted by Gasteiger charge is 2.28. The molecule has 21 heavy (non-hydrogen) atoms. The van der Waals surface area contributed by atoms with Crippen LogP contribution in [0.2, 0.25) is 0 Å². The van der Waals surface area contributed by atoms with Gasteiger partial charge in [0, 0.05) is 29.2 Å². The second kappa shape index (κ2) is 6.20. The first kappa shape index (κ1) is 14.6. The summed E-state index contributed by atoms with van der Waals surface area (Å²) in [6.45, 7) is 5.49. The van der Waals surface area contributed by atoms with Gasteiger partial charge >= 0.3 is 0 Å². The van der Waals surface area contributed by atoms with Gasteiger partial charge in [0.1, 0.15) is 0 Å². The van der Waals surface area contributed by atoms with E-state index in [2.05, 4.69) is 18.7 Å². The second-order valence-corrected chi connectivity index (χ2v) is 7.70. The molecule has 2 heterocycles. The predicted molar refractivity (Wildman–Crippen MR) is 91.7 cm³/mol. The number of carbonyl (C=O) groups excluding carboxylic acids is 1. The van der Waals surface area contributed by atoms with Crippen molar-refractivity contribution >= 4 is 34.5 Å². The Morgan fingerprint density at radius 3 is 2.76 bits per heavy atom. The molecule has 0 bridgehead atoms. The van der Waals surface area contributed by atoms with Crippen LogP contribution in [-0.2, 0) is 0 Å². The smallest absolute Gasteiger partial charge is 0.186 e. The minimum Gasteiger partial charge on any atom is -0.343 e. The largest absolute Gasteiger partial charge is 0.343 e. The van der Waals surface area contributed by atoms with Gasteiger partial charge in [0.15, 0.2) is 11.4 Å². The van der Waals surface area contributed by atoms with Crippen molar-refractivity contribution in [3.63, 3.8) is 0 Å². The molecule has 2 atom stereocenters. The van der Waals surface area contributed by atoms with Gasteiger partial charge < -0.3 is 4.90 Å². The van der Waals surface area contributed by atoms with Gasteiger partial charge in [-0.1, -0.05) is 48.6 Å². The predicted octanol–water partition coefficient (Wildman–Crippen LogP) is 3.95. The first-order chi connectivity index (χ1) is 10.2. The molecule has 1 saturated heterocycles. The molecular weight excluding hydrogens is 300 g/mol. The molecule has 0 spiro atoms. The summed E-state index contributed by atoms with van der Waals surface area (Å²) in [6.07, 6.45) is 0.927. The Labute approximate surface area is 133 Å². The lowest BCUT2D eigenvalue weighted by atomic mass is 10.1. The average molecular weight is 318 g/mol. The number of thiazole rings is 1. The molecule has 1 aromatic carbocycles. The van der Waals surface area contributed by atoms with Gasteiger partial charge in [0.25, 0.3) is 0 Å². The van der Waals surface area contributed by atoms with Crippen molar-refractivity contribution in [1.29, 1.82) is 0 Å². The molecule has 2 aromatic rings. The number of anilines is 1. The number of hydrogen-bond donors (Lipinski definition) is 0. The highest BCUT2D eigenvalue weighted by atomic mass is 32.2. The first-order valence-electron chi connectivity index (χ1n) is 7.10. The van der Waals surface area contributed by atoms with Crippen LogP contribution >= 0.6 is 23.1 Å². The molecule has 0 N–H and O–H groups in total. The van der Waals surface area contributed by atoms with Gasteiger partial charge in [0.2, 0.25) is 0 Å². The summed E-state index contributed by atoms with van der Waals surface area (Å²) in [5.74, 6) is 1.11. The van der Waals surface area contributed by atoms with Crippen LogP contribution in [0.4, 0.5) is 5.13 Å². The van der Waals surface area contributed by atoms with Crippen molar-refractivity contribution in [1.82, 2.24) is 4.98 Å². The molecule has 2 unspecified atom stereocenters. The van der Waals surface area contributed by atoms with E-state index in [9.17, 15) is 4.79 Å². The molecule has 1 aromatic heterocycles. The van der Waals surface area contributed by atoms with Crippen LogP contribution in [0.3, 0.4) is 0 Å². The van der Waals surface area contributed by atoms with E-state index in [1.165, 1.54) is 11.3 Å². The molecule has 1 aliphatic rings. The lowest BCUT2D eigenvalue weighted by Gasteiger charge is -2.37. The number of aldehydes is 1. The standard InChI is InChI=1S/C16H18N2OS2/c1-11-12(2)20-9-8-18(11)16-17-15(14(10-19)21-16)13-6-4-3-5-7-13/h3-7,10-12H,8-9H2,1-2H3. The zero-order chi connectivity index (χ0) is 14.8. The van der Waals surface area contributed by atoms with E-state index in [-0.39, 0.29) is 0 Å². The minimum atomic E-state index is 0.443. The fraction of sp³-hybridized carbons (Fsp3) is 0.375. The zero-order valence-corrected chi connectivity index (χ0v) is 13.8. The fourth-order valence-electron chi connectivity index (χ4n) is 2.53. The van der Waals surface area contributed by atoms with E-state index in [0.29, 0.717) is 16.2 Å². The molecule has 1 fully saturated rings. The topological polar surface area (TPSA) is 33.2 Å². The summed E-state index contributed by atoms with van der Waals surface area (Å²) in [5, 5.41) is 1.55. The summed E-state index contributed by atoms with van der Waals surface area (Å²) < 4.78 is 0. The number of aromatic nitrogens is 1. The Kier molecular flexibility index (Phi) is 4.31. The van der Waals surface area contributed by atoms with Gasteiger partial charge in [-0.3, -0.25) is 4.79 Å². The van der Waals surface area contributed by atoms with Crippen LogP contribution in [0.1, 0.15) is 23.5 Å². The zero-order valence-electron chi connectivity index (χ0n) is 12.2. The lowest BCUT2D eigenvalue weighted by Crippen LogP contribution is -2.44. The van der Waals surface area contributed by atoms with E-state index in [4.69, 9.17) is 4.98 Å². The van der Waals surface area contributed by atoms with Gasteiger partial charge in [-0.25, -0.2) is 4.98 Å². The van der Waals surface area contributed by atoms with E-state index >= 15 is 0 Å². The number of benzene rings is 1. The van der Waals surface area contributed by atoms with Gasteiger partial charge in [-0.15, -0.1) is 0 Å². The molecule has 0 radical (unpaired) electrons. The first-order valence-corrected chi connectivity index (χ1v) is 8.97. The summed E-state index contributed by atoms with van der Waals surface area (Å²) in [6, 6.07) is 10.4. The van der Waals surface area contributed by atoms with Gasteiger partial charge in [0.05, 0.1) is 10.6 Å². The molecule has 3 rings (SSSR count). The third-order valence-electron chi connectivity index (χ3n) is 3.93. The quantitative estimate of drug-likeness (QED) is 0.802. The third kappa shape index (κ3) is 2.85. The number of rotatable bonds is 3. The molecule has 5 heteroatoms. The number of nitrogens with zero attached hydrogens (tertiary/aromatic N) is 2. The van der Waals surface area contributed by atoms with Gasteiger partial charge in [-0.05, 0) is 6.92 Å². The van der Waals surface area contributed by atoms with Crippen LogP contribution in [-0.4, -0.2) is 34.9 Å². The van der Waals surface area contributed by atoms with Crippen molar-refractivity contribution in [3.8, 4) is 11.3 Å². The molecule has 1 aliphatic heterocycles. The van der Waals surface area contributed by atoms with E-state index in [1.54, 1.807) is 0 Å². The molecule has 110 valence electrons. The normalized spacial score (nSPS) is 22.3. The second-order valence-electron chi connectivity index (χ2n) is 5.20. The van der Waals surface area contributed by atoms with Crippen molar-refractivity contribution in [2.24, 2.45) is 0 Å². The Balaban J connectivity index is 1.98. The molecule has 0 amide bonds. The summed E-state index contributed by atoms with van der Waals surface area (Å²) in [5.41, 5.74) is 1.82. The van der Waals surface area contributed by atoms with Crippen LogP contribution in [0, 0.1) is 0 Å². The maximum absolute atomic E-state index is 11.4. The molecular formula is C16H18N2OS2. The van der Waals surface area contributed by atoms with Crippen molar-refractivity contribution in [2.75, 3.05) is 17.2 Å². The Hall–Kier alpha value is -1.33. The van der Waals surface area contributed by atoms with Gasteiger partial charge in [-0.2, -0.15) is 11.8 Å².